The van der Waals surface area contributed by atoms with Gasteiger partial charge in [0.05, 0.1) is 25.8 Å². The summed E-state index contributed by atoms with van der Waals surface area (Å²) in [6.07, 6.45) is 3.37. The average Bonchev–Trinajstić information content (AvgIpc) is 2.54. The molecule has 1 aliphatic carbocycles. The Labute approximate surface area is 126 Å². The van der Waals surface area contributed by atoms with Crippen molar-refractivity contribution < 1.29 is 9.53 Å². The third-order valence-corrected chi connectivity index (χ3v) is 4.66. The van der Waals surface area contributed by atoms with E-state index in [1.807, 2.05) is 11.9 Å². The number of aryl methyl sites for hydroxylation is 1. The molecule has 0 N–H and O–H groups in total. The molecule has 0 aromatic heterocycles. The highest BCUT2D eigenvalue weighted by Gasteiger charge is 2.27. The summed E-state index contributed by atoms with van der Waals surface area (Å²) >= 11 is 0. The van der Waals surface area contributed by atoms with Crippen molar-refractivity contribution in [3.8, 4) is 0 Å². The quantitative estimate of drug-likeness (QED) is 0.851. The zero-order valence-electron chi connectivity index (χ0n) is 12.8. The molecule has 3 rings (SSSR count). The number of hydrogen-bond donors (Lipinski definition) is 0. The molecule has 1 aromatic rings. The summed E-state index contributed by atoms with van der Waals surface area (Å²) in [7, 11) is 1.95. The molecule has 2 aliphatic rings. The van der Waals surface area contributed by atoms with Crippen molar-refractivity contribution in [3.05, 3.63) is 35.4 Å². The smallest absolute Gasteiger partial charge is 0.237 e. The second-order valence-electron chi connectivity index (χ2n) is 6.00. The Kier molecular flexibility index (Phi) is 4.56. The predicted octanol–water partition coefficient (Wildman–Crippen LogP) is 1.85. The lowest BCUT2D eigenvalue weighted by molar-refractivity contribution is -0.134. The second-order valence-corrected chi connectivity index (χ2v) is 6.00. The molecular weight excluding hydrogens is 264 g/mol. The standard InChI is InChI=1S/C17H24N2O2/c1-18(17(20)13-19-9-11-21-12-10-19)16-8-4-6-14-5-2-3-7-15(14)16/h2-3,5,7,16H,4,6,8-13H2,1H3. The van der Waals surface area contributed by atoms with Crippen LogP contribution in [-0.4, -0.2) is 55.6 Å². The van der Waals surface area contributed by atoms with Crippen molar-refractivity contribution >= 4 is 5.91 Å². The number of morpholine rings is 1. The maximum atomic E-state index is 12.6. The SMILES string of the molecule is CN(C(=O)CN1CCOCC1)C1CCCc2ccccc21. The van der Waals surface area contributed by atoms with Crippen LogP contribution in [0.1, 0.15) is 30.0 Å². The highest BCUT2D eigenvalue weighted by molar-refractivity contribution is 5.78. The Morgan fingerprint density at radius 1 is 1.33 bits per heavy atom. The van der Waals surface area contributed by atoms with Crippen LogP contribution in [0.25, 0.3) is 0 Å². The van der Waals surface area contributed by atoms with E-state index in [-0.39, 0.29) is 11.9 Å². The van der Waals surface area contributed by atoms with Crippen molar-refractivity contribution in [2.24, 2.45) is 0 Å². The number of rotatable bonds is 3. The molecule has 0 spiro atoms. The van der Waals surface area contributed by atoms with Crippen LogP contribution in [0.5, 0.6) is 0 Å². The summed E-state index contributed by atoms with van der Waals surface area (Å²) in [6, 6.07) is 8.79. The second kappa shape index (κ2) is 6.58. The van der Waals surface area contributed by atoms with Gasteiger partial charge in [-0.3, -0.25) is 9.69 Å². The third kappa shape index (κ3) is 3.27. The first-order valence-electron chi connectivity index (χ1n) is 7.89. The van der Waals surface area contributed by atoms with Crippen LogP contribution in [-0.2, 0) is 16.0 Å². The summed E-state index contributed by atoms with van der Waals surface area (Å²) in [5.74, 6) is 0.221. The van der Waals surface area contributed by atoms with Gasteiger partial charge in [-0.05, 0) is 30.4 Å². The first-order chi connectivity index (χ1) is 10.3. The summed E-state index contributed by atoms with van der Waals surface area (Å²) in [5.41, 5.74) is 2.74. The van der Waals surface area contributed by atoms with Crippen LogP contribution >= 0.6 is 0 Å². The van der Waals surface area contributed by atoms with Crippen molar-refractivity contribution in [1.82, 2.24) is 9.80 Å². The Bertz CT molecular complexity index is 497. The molecule has 1 saturated heterocycles. The molecule has 21 heavy (non-hydrogen) atoms. The van der Waals surface area contributed by atoms with Crippen molar-refractivity contribution in [2.45, 2.75) is 25.3 Å². The van der Waals surface area contributed by atoms with Crippen molar-refractivity contribution in [1.29, 1.82) is 0 Å². The number of benzene rings is 1. The normalized spacial score (nSPS) is 22.6. The number of carbonyl (C=O) groups is 1. The summed E-state index contributed by atoms with van der Waals surface area (Å²) in [6.45, 7) is 3.71. The zero-order chi connectivity index (χ0) is 14.7. The highest BCUT2D eigenvalue weighted by atomic mass is 16.5. The van der Waals surface area contributed by atoms with Gasteiger partial charge in [0.15, 0.2) is 0 Å². The van der Waals surface area contributed by atoms with Crippen LogP contribution in [0, 0.1) is 0 Å². The molecule has 4 heteroatoms. The lowest BCUT2D eigenvalue weighted by Crippen LogP contribution is -2.45. The Morgan fingerprint density at radius 3 is 2.90 bits per heavy atom. The van der Waals surface area contributed by atoms with Gasteiger partial charge in [-0.2, -0.15) is 0 Å². The minimum Gasteiger partial charge on any atom is -0.379 e. The number of hydrogen-bond acceptors (Lipinski definition) is 3. The molecule has 114 valence electrons. The van der Waals surface area contributed by atoms with Gasteiger partial charge in [-0.15, -0.1) is 0 Å². The molecule has 0 bridgehead atoms. The van der Waals surface area contributed by atoms with E-state index in [0.29, 0.717) is 6.54 Å². The molecule has 1 unspecified atom stereocenters. The molecule has 4 nitrogen and oxygen atoms in total. The van der Waals surface area contributed by atoms with Gasteiger partial charge in [0, 0.05) is 20.1 Å². The molecule has 1 atom stereocenters. The highest BCUT2D eigenvalue weighted by Crippen LogP contribution is 2.33. The van der Waals surface area contributed by atoms with Crippen LogP contribution in [0.15, 0.2) is 24.3 Å². The topological polar surface area (TPSA) is 32.8 Å². The summed E-state index contributed by atoms with van der Waals surface area (Å²) in [5, 5.41) is 0. The molecule has 1 heterocycles. The van der Waals surface area contributed by atoms with E-state index in [0.717, 1.165) is 45.6 Å². The number of amides is 1. The van der Waals surface area contributed by atoms with Crippen LogP contribution in [0.3, 0.4) is 0 Å². The van der Waals surface area contributed by atoms with Gasteiger partial charge >= 0.3 is 0 Å². The molecular formula is C17H24N2O2. The van der Waals surface area contributed by atoms with E-state index in [4.69, 9.17) is 4.74 Å². The van der Waals surface area contributed by atoms with Crippen molar-refractivity contribution in [2.75, 3.05) is 39.9 Å². The number of likely N-dealkylation sites (N-methyl/N-ethyl adjacent to an activating group) is 1. The molecule has 0 saturated carbocycles. The fourth-order valence-corrected chi connectivity index (χ4v) is 3.37. The van der Waals surface area contributed by atoms with Gasteiger partial charge in [-0.1, -0.05) is 24.3 Å². The molecule has 1 amide bonds. The van der Waals surface area contributed by atoms with E-state index in [1.165, 1.54) is 11.1 Å². The van der Waals surface area contributed by atoms with Gasteiger partial charge in [0.1, 0.15) is 0 Å². The van der Waals surface area contributed by atoms with Crippen LogP contribution < -0.4 is 0 Å². The van der Waals surface area contributed by atoms with Gasteiger partial charge in [0.25, 0.3) is 0 Å². The van der Waals surface area contributed by atoms with E-state index >= 15 is 0 Å². The number of fused-ring (bicyclic) bond motifs is 1. The maximum absolute atomic E-state index is 12.6. The molecule has 0 radical (unpaired) electrons. The summed E-state index contributed by atoms with van der Waals surface area (Å²) < 4.78 is 5.34. The van der Waals surface area contributed by atoms with Crippen molar-refractivity contribution in [3.63, 3.8) is 0 Å². The number of nitrogens with zero attached hydrogens (tertiary/aromatic N) is 2. The van der Waals surface area contributed by atoms with Crippen LogP contribution in [0.4, 0.5) is 0 Å². The lowest BCUT2D eigenvalue weighted by Gasteiger charge is -2.35. The molecule has 1 fully saturated rings. The number of carbonyl (C=O) groups excluding carboxylic acids is 1. The van der Waals surface area contributed by atoms with Gasteiger partial charge in [0.2, 0.25) is 5.91 Å². The van der Waals surface area contributed by atoms with E-state index in [1.54, 1.807) is 0 Å². The fourth-order valence-electron chi connectivity index (χ4n) is 3.37. The number of ether oxygens (including phenoxy) is 1. The average molecular weight is 288 g/mol. The third-order valence-electron chi connectivity index (χ3n) is 4.66. The lowest BCUT2D eigenvalue weighted by atomic mass is 9.87. The van der Waals surface area contributed by atoms with Gasteiger partial charge < -0.3 is 9.64 Å². The fraction of sp³-hybridized carbons (Fsp3) is 0.588. The van der Waals surface area contributed by atoms with E-state index in [2.05, 4.69) is 29.2 Å². The molecule has 1 aliphatic heterocycles. The first kappa shape index (κ1) is 14.5. The van der Waals surface area contributed by atoms with E-state index < -0.39 is 0 Å². The predicted molar refractivity (Wildman–Crippen MR) is 82.2 cm³/mol. The Morgan fingerprint density at radius 2 is 2.10 bits per heavy atom. The minimum absolute atomic E-state index is 0.221. The molecule has 1 aromatic carbocycles. The first-order valence-corrected chi connectivity index (χ1v) is 7.89. The Balaban J connectivity index is 1.67. The van der Waals surface area contributed by atoms with Gasteiger partial charge in [-0.25, -0.2) is 0 Å². The minimum atomic E-state index is 0.221. The van der Waals surface area contributed by atoms with E-state index in [9.17, 15) is 4.79 Å². The zero-order valence-corrected chi connectivity index (χ0v) is 12.8. The maximum Gasteiger partial charge on any atom is 0.237 e. The summed E-state index contributed by atoms with van der Waals surface area (Å²) in [4.78, 5) is 16.7. The Hall–Kier alpha value is -1.39. The largest absolute Gasteiger partial charge is 0.379 e. The monoisotopic (exact) mass is 288 g/mol. The van der Waals surface area contributed by atoms with Crippen LogP contribution in [0.2, 0.25) is 0 Å².